The predicted molar refractivity (Wildman–Crippen MR) is 69.8 cm³/mol. The maximum Gasteiger partial charge on any atom is 0.562 e. The molecule has 0 saturated carbocycles. The molecule has 1 aliphatic heterocycles. The van der Waals surface area contributed by atoms with Crippen molar-refractivity contribution in [3.05, 3.63) is 18.5 Å². The first-order chi connectivity index (χ1) is 9.95. The number of amides is 1. The fourth-order valence-electron chi connectivity index (χ4n) is 1.74. The molecule has 1 amide bonds. The minimum absolute atomic E-state index is 0. The molecular weight excluding hydrogens is 370 g/mol. The molecule has 0 atom stereocenters. The number of anilines is 1. The molecule has 0 aliphatic carbocycles. The minimum atomic E-state index is -1.35. The average molecular weight is 381 g/mol. The van der Waals surface area contributed by atoms with E-state index in [0.717, 1.165) is 0 Å². The van der Waals surface area contributed by atoms with Gasteiger partial charge < -0.3 is 24.7 Å². The Hall–Kier alpha value is -1.51. The molecule has 1 aromatic heterocycles. The average Bonchev–Trinajstić information content (AvgIpc) is 2.35. The largest absolute Gasteiger partial charge is 0.562 e. The number of nitrogens with one attached hydrogen (secondary N) is 1. The molecule has 1 aliphatic rings. The molecule has 0 bridgehead atoms. The van der Waals surface area contributed by atoms with Crippen LogP contribution in [0.4, 0.5) is 10.5 Å². The summed E-state index contributed by atoms with van der Waals surface area (Å²) in [5.74, 6) is -1.21. The molecule has 113 valence electrons. The van der Waals surface area contributed by atoms with Crippen molar-refractivity contribution in [3.63, 3.8) is 0 Å². The number of aromatic nitrogens is 1. The van der Waals surface area contributed by atoms with Gasteiger partial charge in [0.15, 0.2) is 0 Å². The molecule has 2 N–H and O–H groups in total. The van der Waals surface area contributed by atoms with Gasteiger partial charge in [-0.3, -0.25) is 14.5 Å². The first kappa shape index (κ1) is 18.5. The van der Waals surface area contributed by atoms with Gasteiger partial charge >= 0.3 is 25.2 Å². The summed E-state index contributed by atoms with van der Waals surface area (Å²) >= 11 is 0. The Morgan fingerprint density at radius 1 is 1.41 bits per heavy atom. The molecular formula is C11H11BN3O6Y-. The Balaban J connectivity index is 0.00000242. The number of pyridine rings is 1. The van der Waals surface area contributed by atoms with Crippen LogP contribution in [0.25, 0.3) is 0 Å². The van der Waals surface area contributed by atoms with Crippen LogP contribution < -0.4 is 10.8 Å². The molecule has 0 unspecified atom stereocenters. The van der Waals surface area contributed by atoms with Gasteiger partial charge in [0.1, 0.15) is 0 Å². The van der Waals surface area contributed by atoms with E-state index in [1.54, 1.807) is 7.05 Å². The van der Waals surface area contributed by atoms with Crippen molar-refractivity contribution in [1.82, 2.24) is 9.88 Å². The van der Waals surface area contributed by atoms with Crippen LogP contribution >= 0.6 is 0 Å². The van der Waals surface area contributed by atoms with Crippen LogP contribution in [0.15, 0.2) is 12.3 Å². The van der Waals surface area contributed by atoms with E-state index in [1.807, 2.05) is 0 Å². The van der Waals surface area contributed by atoms with Gasteiger partial charge in [-0.25, -0.2) is 4.79 Å². The van der Waals surface area contributed by atoms with Crippen molar-refractivity contribution in [1.29, 1.82) is 0 Å². The van der Waals surface area contributed by atoms with E-state index in [9.17, 15) is 14.4 Å². The quantitative estimate of drug-likeness (QED) is 0.480. The van der Waals surface area contributed by atoms with Crippen LogP contribution in [0, 0.1) is 6.20 Å². The monoisotopic (exact) mass is 381 g/mol. The van der Waals surface area contributed by atoms with Gasteiger partial charge in [-0.15, -0.1) is 0 Å². The Bertz CT molecular complexity index is 567. The molecule has 22 heavy (non-hydrogen) atoms. The van der Waals surface area contributed by atoms with Crippen molar-refractivity contribution in [2.24, 2.45) is 0 Å². The van der Waals surface area contributed by atoms with Crippen LogP contribution in [0.3, 0.4) is 0 Å². The Morgan fingerprint density at radius 2 is 2.00 bits per heavy atom. The molecule has 1 radical (unpaired) electrons. The molecule has 2 heterocycles. The zero-order valence-corrected chi connectivity index (χ0v) is 14.4. The van der Waals surface area contributed by atoms with E-state index < -0.39 is 25.2 Å². The fourth-order valence-corrected chi connectivity index (χ4v) is 1.74. The molecule has 1 aromatic rings. The second kappa shape index (κ2) is 8.21. The van der Waals surface area contributed by atoms with E-state index in [0.29, 0.717) is 0 Å². The summed E-state index contributed by atoms with van der Waals surface area (Å²) in [5.41, 5.74) is 0.180. The number of hydrogen-bond donors (Lipinski definition) is 2. The van der Waals surface area contributed by atoms with E-state index in [1.165, 1.54) is 17.2 Å². The third-order valence-corrected chi connectivity index (χ3v) is 2.57. The molecule has 9 nitrogen and oxygen atoms in total. The molecule has 1 fully saturated rings. The summed E-state index contributed by atoms with van der Waals surface area (Å²) in [4.78, 5) is 39.1. The summed E-state index contributed by atoms with van der Waals surface area (Å²) in [6, 6.07) is 1.28. The number of carbonyl (C=O) groups excluding carboxylic acids is 2. The van der Waals surface area contributed by atoms with E-state index in [2.05, 4.69) is 16.5 Å². The SMILES string of the molecule is CN1CC(=O)OB(c2c[c-]ncc2NC(=O)O)OC(=O)C1.[Y]. The fraction of sp³-hybridized carbons (Fsp3) is 0.273. The number of carbonyl (C=O) groups is 3. The molecule has 1 saturated heterocycles. The zero-order chi connectivity index (χ0) is 15.4. The van der Waals surface area contributed by atoms with Gasteiger partial charge in [0, 0.05) is 32.7 Å². The van der Waals surface area contributed by atoms with E-state index in [-0.39, 0.29) is 56.9 Å². The Kier molecular flexibility index (Phi) is 6.92. The van der Waals surface area contributed by atoms with Crippen LogP contribution in [-0.2, 0) is 51.6 Å². The van der Waals surface area contributed by atoms with Crippen molar-refractivity contribution >= 4 is 36.3 Å². The van der Waals surface area contributed by atoms with Crippen LogP contribution in [0.1, 0.15) is 0 Å². The smallest absolute Gasteiger partial charge is 0.505 e. The van der Waals surface area contributed by atoms with Gasteiger partial charge in [0.25, 0.3) is 0 Å². The second-order valence-electron chi connectivity index (χ2n) is 4.31. The normalized spacial score (nSPS) is 15.8. The first-order valence-corrected chi connectivity index (χ1v) is 5.89. The summed E-state index contributed by atoms with van der Waals surface area (Å²) in [7, 11) is 0.223. The topological polar surface area (TPSA) is 118 Å². The van der Waals surface area contributed by atoms with E-state index in [4.69, 9.17) is 14.4 Å². The summed E-state index contributed by atoms with van der Waals surface area (Å²) < 4.78 is 10.1. The van der Waals surface area contributed by atoms with E-state index >= 15 is 0 Å². The van der Waals surface area contributed by atoms with Gasteiger partial charge in [-0.1, -0.05) is 17.9 Å². The number of hydrogen-bond acceptors (Lipinski definition) is 7. The van der Waals surface area contributed by atoms with Gasteiger partial charge in [0.2, 0.25) is 0 Å². The predicted octanol–water partition coefficient (Wildman–Crippen LogP) is -1.30. The van der Waals surface area contributed by atoms with Crippen LogP contribution in [0.2, 0.25) is 0 Å². The van der Waals surface area contributed by atoms with Crippen molar-refractivity contribution < 1.29 is 61.5 Å². The number of likely N-dealkylation sites (N-methyl/N-ethyl adjacent to an activating group) is 1. The minimum Gasteiger partial charge on any atom is -0.505 e. The second-order valence-corrected chi connectivity index (χ2v) is 4.31. The summed E-state index contributed by atoms with van der Waals surface area (Å²) in [6.45, 7) is -0.163. The Labute approximate surface area is 151 Å². The standard InChI is InChI=1S/C11H11BN3O6.Y/c1-15-5-9(16)20-12(21-10(17)6-15)7-2-3-13-4-8(7)14-11(18)19;/h2,4,14H,5-6H2,1H3,(H,18,19);/q-1;. The number of nitrogens with zero attached hydrogens (tertiary/aromatic N) is 2. The van der Waals surface area contributed by atoms with Gasteiger partial charge in [-0.05, 0) is 12.7 Å². The first-order valence-electron chi connectivity index (χ1n) is 5.89. The van der Waals surface area contributed by atoms with Gasteiger partial charge in [0.05, 0.1) is 13.1 Å². The number of carboxylic acid groups (broad SMARTS) is 1. The molecule has 0 aromatic carbocycles. The zero-order valence-electron chi connectivity index (χ0n) is 11.6. The Morgan fingerprint density at radius 3 is 2.55 bits per heavy atom. The third-order valence-electron chi connectivity index (χ3n) is 2.57. The van der Waals surface area contributed by atoms with Gasteiger partial charge in [-0.2, -0.15) is 6.07 Å². The van der Waals surface area contributed by atoms with Crippen molar-refractivity contribution in [3.8, 4) is 0 Å². The number of rotatable bonds is 2. The third kappa shape index (κ3) is 5.04. The molecule has 0 spiro atoms. The van der Waals surface area contributed by atoms with Crippen LogP contribution in [0.5, 0.6) is 0 Å². The van der Waals surface area contributed by atoms with Crippen molar-refractivity contribution in [2.45, 2.75) is 0 Å². The maximum absolute atomic E-state index is 11.7. The maximum atomic E-state index is 11.7. The van der Waals surface area contributed by atoms with Crippen LogP contribution in [-0.4, -0.2) is 60.3 Å². The summed E-state index contributed by atoms with van der Waals surface area (Å²) in [5, 5.41) is 10.8. The van der Waals surface area contributed by atoms with Crippen molar-refractivity contribution in [2.75, 3.05) is 25.5 Å². The summed E-state index contributed by atoms with van der Waals surface area (Å²) in [6.07, 6.45) is 2.32. The molecule has 11 heteroatoms. The molecule has 2 rings (SSSR count).